The van der Waals surface area contributed by atoms with Crippen LogP contribution in [0, 0.1) is 5.92 Å². The highest BCUT2D eigenvalue weighted by molar-refractivity contribution is 5.75. The minimum absolute atomic E-state index is 0.479. The zero-order chi connectivity index (χ0) is 17.3. The number of hydrogen-bond acceptors (Lipinski definition) is 4. The van der Waals surface area contributed by atoms with Crippen LogP contribution in [-0.4, -0.2) is 32.6 Å². The molecular formula is C21H25N5. The fourth-order valence-electron chi connectivity index (χ4n) is 4.28. The lowest BCUT2D eigenvalue weighted by Crippen LogP contribution is -2.36. The number of hydrogen-bond donors (Lipinski definition) is 0. The third-order valence-electron chi connectivity index (χ3n) is 5.97. The maximum Gasteiger partial charge on any atom is 0.147 e. The molecule has 1 atom stereocenters. The molecule has 1 saturated carbocycles. The van der Waals surface area contributed by atoms with E-state index in [4.69, 9.17) is 9.97 Å². The quantitative estimate of drug-likeness (QED) is 0.715. The Kier molecular flexibility index (Phi) is 4.07. The van der Waals surface area contributed by atoms with Gasteiger partial charge in [-0.1, -0.05) is 18.6 Å². The van der Waals surface area contributed by atoms with Crippen molar-refractivity contribution in [2.45, 2.75) is 44.6 Å². The van der Waals surface area contributed by atoms with Crippen LogP contribution in [0.4, 0.5) is 5.82 Å². The van der Waals surface area contributed by atoms with Crippen LogP contribution >= 0.6 is 0 Å². The van der Waals surface area contributed by atoms with Gasteiger partial charge >= 0.3 is 0 Å². The summed E-state index contributed by atoms with van der Waals surface area (Å²) >= 11 is 0. The zero-order valence-corrected chi connectivity index (χ0v) is 15.1. The fourth-order valence-corrected chi connectivity index (χ4v) is 4.28. The summed E-state index contributed by atoms with van der Waals surface area (Å²) in [5, 5.41) is 0. The lowest BCUT2D eigenvalue weighted by Gasteiger charge is -2.34. The van der Waals surface area contributed by atoms with E-state index in [0.29, 0.717) is 5.92 Å². The van der Waals surface area contributed by atoms with E-state index in [2.05, 4.69) is 20.6 Å². The van der Waals surface area contributed by atoms with Gasteiger partial charge in [0, 0.05) is 37.9 Å². The van der Waals surface area contributed by atoms with Crippen LogP contribution in [0.5, 0.6) is 0 Å². The van der Waals surface area contributed by atoms with Crippen LogP contribution < -0.4 is 4.90 Å². The summed E-state index contributed by atoms with van der Waals surface area (Å²) < 4.78 is 2.41. The summed E-state index contributed by atoms with van der Waals surface area (Å²) in [5.41, 5.74) is 1.93. The molecule has 0 N–H and O–H groups in total. The first kappa shape index (κ1) is 15.8. The second-order valence-corrected chi connectivity index (χ2v) is 7.74. The molecule has 0 radical (unpaired) electrons. The van der Waals surface area contributed by atoms with Crippen molar-refractivity contribution in [1.82, 2.24) is 19.5 Å². The molecular weight excluding hydrogens is 322 g/mol. The average Bonchev–Trinajstić information content (AvgIpc) is 3.13. The number of nitrogens with zero attached hydrogens (tertiary/aromatic N) is 5. The summed E-state index contributed by atoms with van der Waals surface area (Å²) in [6, 6.07) is 8.09. The van der Waals surface area contributed by atoms with Gasteiger partial charge in [-0.2, -0.15) is 0 Å². The van der Waals surface area contributed by atoms with Gasteiger partial charge in [-0.05, 0) is 43.7 Å². The summed E-state index contributed by atoms with van der Waals surface area (Å²) in [7, 11) is 0. The average molecular weight is 347 g/mol. The topological polar surface area (TPSA) is 46.8 Å². The normalized spacial score (nSPS) is 21.1. The van der Waals surface area contributed by atoms with Gasteiger partial charge in [0.05, 0.1) is 17.2 Å². The number of rotatable bonds is 4. The van der Waals surface area contributed by atoms with Crippen LogP contribution in [0.2, 0.25) is 0 Å². The molecule has 1 unspecified atom stereocenters. The third-order valence-corrected chi connectivity index (χ3v) is 5.97. The van der Waals surface area contributed by atoms with Crippen LogP contribution in [0.25, 0.3) is 11.0 Å². The molecule has 2 aromatic heterocycles. The maximum atomic E-state index is 4.84. The molecule has 1 aliphatic carbocycles. The smallest absolute Gasteiger partial charge is 0.147 e. The van der Waals surface area contributed by atoms with Gasteiger partial charge in [-0.15, -0.1) is 0 Å². The summed E-state index contributed by atoms with van der Waals surface area (Å²) in [5.74, 6) is 3.59. The van der Waals surface area contributed by atoms with Gasteiger partial charge in [-0.25, -0.2) is 9.97 Å². The predicted molar refractivity (Wildman–Crippen MR) is 103 cm³/mol. The van der Waals surface area contributed by atoms with E-state index >= 15 is 0 Å². The number of aromatic nitrogens is 4. The van der Waals surface area contributed by atoms with Crippen molar-refractivity contribution in [1.29, 1.82) is 0 Å². The molecule has 26 heavy (non-hydrogen) atoms. The Morgan fingerprint density at radius 1 is 1.00 bits per heavy atom. The molecule has 5 heteroatoms. The minimum atomic E-state index is 0.479. The van der Waals surface area contributed by atoms with Crippen molar-refractivity contribution in [2.75, 3.05) is 18.0 Å². The molecule has 0 bridgehead atoms. The van der Waals surface area contributed by atoms with E-state index in [1.54, 1.807) is 0 Å². The Bertz CT molecular complexity index is 898. The Balaban J connectivity index is 1.36. The van der Waals surface area contributed by atoms with Crippen molar-refractivity contribution in [3.63, 3.8) is 0 Å². The monoisotopic (exact) mass is 347 g/mol. The van der Waals surface area contributed by atoms with Crippen molar-refractivity contribution in [2.24, 2.45) is 5.92 Å². The Morgan fingerprint density at radius 3 is 2.73 bits per heavy atom. The summed E-state index contributed by atoms with van der Waals surface area (Å²) in [4.78, 5) is 16.6. The van der Waals surface area contributed by atoms with Gasteiger partial charge in [0.1, 0.15) is 11.6 Å². The molecule has 2 fully saturated rings. The molecule has 3 aromatic rings. The number of anilines is 1. The molecule has 1 aliphatic heterocycles. The first-order chi connectivity index (χ1) is 12.9. The molecule has 2 aliphatic rings. The Labute approximate surface area is 154 Å². The third kappa shape index (κ3) is 2.96. The van der Waals surface area contributed by atoms with Crippen molar-refractivity contribution >= 4 is 16.9 Å². The highest BCUT2D eigenvalue weighted by Gasteiger charge is 2.27. The largest absolute Gasteiger partial charge is 0.355 e. The standard InChI is InChI=1S/C21H25N5/c1-2-9-19-18(8-1)23-13-20(24-19)25-11-4-7-17(15-25)21-22-10-12-26(21)14-16-5-3-6-16/h1-2,8-10,12-13,16-17H,3-7,11,14-15H2. The lowest BCUT2D eigenvalue weighted by molar-refractivity contribution is 0.270. The van der Waals surface area contributed by atoms with Gasteiger partial charge in [0.25, 0.3) is 0 Å². The molecule has 3 heterocycles. The molecule has 1 aromatic carbocycles. The van der Waals surface area contributed by atoms with E-state index in [-0.39, 0.29) is 0 Å². The fraction of sp³-hybridized carbons (Fsp3) is 0.476. The SMILES string of the molecule is c1ccc2nc(N3CCCC(c4nccn4CC4CCC4)C3)cnc2c1. The van der Waals surface area contributed by atoms with Gasteiger partial charge in [0.15, 0.2) is 0 Å². The van der Waals surface area contributed by atoms with E-state index in [0.717, 1.165) is 42.4 Å². The molecule has 134 valence electrons. The molecule has 5 nitrogen and oxygen atoms in total. The Morgan fingerprint density at radius 2 is 1.88 bits per heavy atom. The number of fused-ring (bicyclic) bond motifs is 1. The van der Waals surface area contributed by atoms with Crippen LogP contribution in [0.3, 0.4) is 0 Å². The highest BCUT2D eigenvalue weighted by Crippen LogP contribution is 2.32. The summed E-state index contributed by atoms with van der Waals surface area (Å²) in [6.07, 6.45) is 12.6. The second kappa shape index (κ2) is 6.71. The first-order valence-corrected chi connectivity index (χ1v) is 9.84. The second-order valence-electron chi connectivity index (χ2n) is 7.74. The van der Waals surface area contributed by atoms with Crippen molar-refractivity contribution in [3.8, 4) is 0 Å². The molecule has 5 rings (SSSR count). The van der Waals surface area contributed by atoms with Crippen molar-refractivity contribution in [3.05, 3.63) is 48.7 Å². The first-order valence-electron chi connectivity index (χ1n) is 9.84. The maximum absolute atomic E-state index is 4.84. The van der Waals surface area contributed by atoms with Gasteiger partial charge in [-0.3, -0.25) is 4.98 Å². The zero-order valence-electron chi connectivity index (χ0n) is 15.1. The van der Waals surface area contributed by atoms with E-state index in [1.807, 2.05) is 36.7 Å². The highest BCUT2D eigenvalue weighted by atomic mass is 15.2. The van der Waals surface area contributed by atoms with Gasteiger partial charge < -0.3 is 9.47 Å². The molecule has 0 amide bonds. The molecule has 1 saturated heterocycles. The van der Waals surface area contributed by atoms with E-state index in [9.17, 15) is 0 Å². The minimum Gasteiger partial charge on any atom is -0.355 e. The molecule has 0 spiro atoms. The van der Waals surface area contributed by atoms with Crippen molar-refractivity contribution < 1.29 is 0 Å². The van der Waals surface area contributed by atoms with Gasteiger partial charge in [0.2, 0.25) is 0 Å². The lowest BCUT2D eigenvalue weighted by atomic mass is 9.85. The van der Waals surface area contributed by atoms with Crippen LogP contribution in [0.15, 0.2) is 42.9 Å². The number of para-hydroxylation sites is 2. The summed E-state index contributed by atoms with van der Waals surface area (Å²) in [6.45, 7) is 3.17. The van der Waals surface area contributed by atoms with Crippen LogP contribution in [-0.2, 0) is 6.54 Å². The Hall–Kier alpha value is -2.43. The van der Waals surface area contributed by atoms with E-state index < -0.39 is 0 Å². The number of benzene rings is 1. The number of imidazole rings is 1. The number of piperidine rings is 1. The van der Waals surface area contributed by atoms with Crippen LogP contribution in [0.1, 0.15) is 43.8 Å². The van der Waals surface area contributed by atoms with E-state index in [1.165, 1.54) is 37.9 Å². The predicted octanol–water partition coefficient (Wildman–Crippen LogP) is 4.01.